The Hall–Kier alpha value is -4.51. The summed E-state index contributed by atoms with van der Waals surface area (Å²) in [5.41, 5.74) is 3.76. The summed E-state index contributed by atoms with van der Waals surface area (Å²) >= 11 is 0. The van der Waals surface area contributed by atoms with E-state index in [1.807, 2.05) is 18.2 Å². The molecule has 0 unspecified atom stereocenters. The van der Waals surface area contributed by atoms with E-state index in [-0.39, 0.29) is 18.1 Å². The quantitative estimate of drug-likeness (QED) is 0.410. The lowest BCUT2D eigenvalue weighted by atomic mass is 9.99. The highest BCUT2D eigenvalue weighted by Gasteiger charge is 2.28. The van der Waals surface area contributed by atoms with Gasteiger partial charge in [0.2, 0.25) is 5.95 Å². The van der Waals surface area contributed by atoms with Gasteiger partial charge in [-0.3, -0.25) is 14.5 Å². The molecule has 0 atom stereocenters. The summed E-state index contributed by atoms with van der Waals surface area (Å²) in [5, 5.41) is 3.70. The zero-order chi connectivity index (χ0) is 25.8. The highest BCUT2D eigenvalue weighted by atomic mass is 16.5. The van der Waals surface area contributed by atoms with Gasteiger partial charge in [-0.1, -0.05) is 18.2 Å². The van der Waals surface area contributed by atoms with Crippen LogP contribution in [0, 0.1) is 0 Å². The van der Waals surface area contributed by atoms with Crippen LogP contribution in [-0.4, -0.2) is 61.9 Å². The van der Waals surface area contributed by atoms with Crippen molar-refractivity contribution in [1.29, 1.82) is 0 Å². The Labute approximate surface area is 218 Å². The van der Waals surface area contributed by atoms with Gasteiger partial charge in [-0.25, -0.2) is 19.3 Å². The standard InChI is InChI=1S/C27H26N8O3/c1-32-12-9-17-13-19(6-5-18(17)15-32)29-27-28-14-20-24(31-27)35-22-8-7-21-25(30-22)33(23(36)16-38-21)10-3-2-4-11-34(35)26(20)37/h2,4-8,13-14H,3,9-12,15-16H2,1H3,(H,28,29,31)/b4-2+. The normalized spacial score (nSPS) is 17.8. The van der Waals surface area contributed by atoms with Crippen molar-refractivity contribution < 1.29 is 9.53 Å². The number of carbonyl (C=O) groups is 1. The molecule has 3 aliphatic heterocycles. The summed E-state index contributed by atoms with van der Waals surface area (Å²) in [5.74, 6) is 1.70. The van der Waals surface area contributed by atoms with E-state index in [2.05, 4.69) is 34.4 Å². The molecule has 7 rings (SSSR count). The summed E-state index contributed by atoms with van der Waals surface area (Å²) < 4.78 is 8.90. The van der Waals surface area contributed by atoms with Gasteiger partial charge >= 0.3 is 0 Å². The fourth-order valence-corrected chi connectivity index (χ4v) is 5.30. The topological polar surface area (TPSA) is 110 Å². The number of nitrogens with zero attached hydrogens (tertiary/aromatic N) is 7. The minimum Gasteiger partial charge on any atom is -0.480 e. The second-order valence-electron chi connectivity index (χ2n) is 9.81. The summed E-state index contributed by atoms with van der Waals surface area (Å²) in [6, 6.07) is 9.87. The van der Waals surface area contributed by atoms with E-state index in [1.54, 1.807) is 32.6 Å². The first-order chi connectivity index (χ1) is 18.5. The molecule has 38 heavy (non-hydrogen) atoms. The Morgan fingerprint density at radius 1 is 1.03 bits per heavy atom. The van der Waals surface area contributed by atoms with Crippen molar-refractivity contribution in [3.8, 4) is 11.6 Å². The number of nitrogens with one attached hydrogen (secondary N) is 1. The van der Waals surface area contributed by atoms with Gasteiger partial charge < -0.3 is 15.0 Å². The Bertz CT molecular complexity index is 1690. The molecule has 0 aliphatic carbocycles. The molecule has 6 heterocycles. The molecule has 0 radical (unpaired) electrons. The maximum absolute atomic E-state index is 13.4. The van der Waals surface area contributed by atoms with Gasteiger partial charge in [0.05, 0.1) is 6.54 Å². The summed E-state index contributed by atoms with van der Waals surface area (Å²) in [6.45, 7) is 2.76. The number of allylic oxidation sites excluding steroid dienone is 1. The summed E-state index contributed by atoms with van der Waals surface area (Å²) in [7, 11) is 2.13. The highest BCUT2D eigenvalue weighted by molar-refractivity contribution is 5.96. The van der Waals surface area contributed by atoms with Crippen LogP contribution in [0.4, 0.5) is 17.5 Å². The number of likely N-dealkylation sites (N-methyl/N-ethyl adjacent to an activating group) is 1. The van der Waals surface area contributed by atoms with Crippen LogP contribution in [-0.2, 0) is 24.3 Å². The van der Waals surface area contributed by atoms with Crippen molar-refractivity contribution in [2.75, 3.05) is 37.0 Å². The molecule has 0 spiro atoms. The molecule has 0 saturated carbocycles. The number of anilines is 3. The molecule has 4 aromatic rings. The van der Waals surface area contributed by atoms with Crippen LogP contribution in [0.3, 0.4) is 0 Å². The third-order valence-corrected chi connectivity index (χ3v) is 7.25. The number of fused-ring (bicyclic) bond motifs is 6. The number of ether oxygens (including phenoxy) is 1. The van der Waals surface area contributed by atoms with Gasteiger partial charge in [-0.2, -0.15) is 4.98 Å². The van der Waals surface area contributed by atoms with E-state index in [0.29, 0.717) is 53.9 Å². The van der Waals surface area contributed by atoms with Crippen LogP contribution in [0.2, 0.25) is 0 Å². The number of carbonyl (C=O) groups excluding carboxylic acids is 1. The first kappa shape index (κ1) is 22.7. The molecular weight excluding hydrogens is 484 g/mol. The molecule has 1 amide bonds. The molecule has 1 N–H and O–H groups in total. The van der Waals surface area contributed by atoms with E-state index < -0.39 is 0 Å². The zero-order valence-electron chi connectivity index (χ0n) is 20.9. The first-order valence-corrected chi connectivity index (χ1v) is 12.7. The van der Waals surface area contributed by atoms with Gasteiger partial charge in [0.1, 0.15) is 5.39 Å². The lowest BCUT2D eigenvalue weighted by Gasteiger charge is -2.28. The maximum Gasteiger partial charge on any atom is 0.278 e. The third kappa shape index (κ3) is 3.74. The van der Waals surface area contributed by atoms with E-state index >= 15 is 0 Å². The van der Waals surface area contributed by atoms with Gasteiger partial charge in [0.25, 0.3) is 11.5 Å². The Morgan fingerprint density at radius 3 is 2.87 bits per heavy atom. The Kier molecular flexibility index (Phi) is 5.25. The van der Waals surface area contributed by atoms with Crippen LogP contribution in [0.5, 0.6) is 5.75 Å². The van der Waals surface area contributed by atoms with Crippen molar-refractivity contribution in [3.63, 3.8) is 0 Å². The minimum absolute atomic E-state index is 0.0173. The van der Waals surface area contributed by atoms with Crippen molar-refractivity contribution in [3.05, 3.63) is 70.2 Å². The molecule has 192 valence electrons. The van der Waals surface area contributed by atoms with Gasteiger partial charge in [0.15, 0.2) is 29.6 Å². The maximum atomic E-state index is 13.4. The van der Waals surface area contributed by atoms with E-state index in [4.69, 9.17) is 14.7 Å². The van der Waals surface area contributed by atoms with E-state index in [1.165, 1.54) is 11.1 Å². The molecular formula is C27H26N8O3. The third-order valence-electron chi connectivity index (χ3n) is 7.25. The number of benzene rings is 1. The molecule has 3 aliphatic rings. The second kappa shape index (κ2) is 8.80. The molecule has 11 nitrogen and oxygen atoms in total. The lowest BCUT2D eigenvalue weighted by Crippen LogP contribution is -2.40. The largest absolute Gasteiger partial charge is 0.480 e. The van der Waals surface area contributed by atoms with Crippen LogP contribution in [0.15, 0.2) is 53.5 Å². The van der Waals surface area contributed by atoms with Gasteiger partial charge in [0, 0.05) is 31.5 Å². The molecule has 3 aromatic heterocycles. The number of hydrogen-bond donors (Lipinski definition) is 1. The second-order valence-corrected chi connectivity index (χ2v) is 9.81. The van der Waals surface area contributed by atoms with Crippen LogP contribution < -0.4 is 20.5 Å². The fraction of sp³-hybridized carbons (Fsp3) is 0.296. The number of pyridine rings is 1. The van der Waals surface area contributed by atoms with Gasteiger partial charge in [-0.15, -0.1) is 0 Å². The lowest BCUT2D eigenvalue weighted by molar-refractivity contribution is -0.121. The Balaban J connectivity index is 1.34. The molecule has 0 fully saturated rings. The molecule has 11 heteroatoms. The van der Waals surface area contributed by atoms with Crippen molar-refractivity contribution in [2.45, 2.75) is 25.9 Å². The van der Waals surface area contributed by atoms with Gasteiger partial charge in [-0.05, 0) is 55.3 Å². The van der Waals surface area contributed by atoms with Crippen molar-refractivity contribution in [1.82, 2.24) is 29.2 Å². The predicted molar refractivity (Wildman–Crippen MR) is 142 cm³/mol. The van der Waals surface area contributed by atoms with E-state index in [9.17, 15) is 9.59 Å². The minimum atomic E-state index is -0.211. The van der Waals surface area contributed by atoms with Crippen LogP contribution in [0.1, 0.15) is 17.5 Å². The summed E-state index contributed by atoms with van der Waals surface area (Å²) in [4.78, 5) is 43.9. The number of amides is 1. The predicted octanol–water partition coefficient (Wildman–Crippen LogP) is 2.39. The summed E-state index contributed by atoms with van der Waals surface area (Å²) in [6.07, 6.45) is 7.08. The van der Waals surface area contributed by atoms with Crippen LogP contribution >= 0.6 is 0 Å². The monoisotopic (exact) mass is 510 g/mol. The molecule has 2 bridgehead atoms. The number of aromatic nitrogens is 5. The fourth-order valence-electron chi connectivity index (χ4n) is 5.30. The number of rotatable bonds is 2. The Morgan fingerprint density at radius 2 is 1.95 bits per heavy atom. The highest BCUT2D eigenvalue weighted by Crippen LogP contribution is 2.32. The molecule has 1 aromatic carbocycles. The molecule has 0 saturated heterocycles. The first-order valence-electron chi connectivity index (χ1n) is 12.7. The number of hydrogen-bond acceptors (Lipinski definition) is 8. The van der Waals surface area contributed by atoms with Crippen molar-refractivity contribution in [2.24, 2.45) is 0 Å². The zero-order valence-corrected chi connectivity index (χ0v) is 20.9. The SMILES string of the molecule is CN1CCc2cc(Nc3ncc4c(=O)n5n(c4n3)-c3ccc4c(n3)N(CC/C=C/C5)C(=O)CO4)ccc2C1. The average Bonchev–Trinajstić information content (AvgIpc) is 3.18. The van der Waals surface area contributed by atoms with E-state index in [0.717, 1.165) is 25.2 Å². The van der Waals surface area contributed by atoms with Crippen LogP contribution in [0.25, 0.3) is 16.9 Å². The average molecular weight is 511 g/mol. The smallest absolute Gasteiger partial charge is 0.278 e. The van der Waals surface area contributed by atoms with Crippen molar-refractivity contribution >= 4 is 34.4 Å².